The van der Waals surface area contributed by atoms with E-state index in [1.807, 2.05) is 0 Å². The Hall–Kier alpha value is -0.0100. The van der Waals surface area contributed by atoms with E-state index in [1.165, 1.54) is 22.6 Å². The molecule has 0 aromatic carbocycles. The molecule has 0 aliphatic carbocycles. The van der Waals surface area contributed by atoms with Crippen LogP contribution in [0.25, 0.3) is 0 Å². The Kier molecular flexibility index (Phi) is 3.40. The Morgan fingerprint density at radius 1 is 1.70 bits per heavy atom. The van der Waals surface area contributed by atoms with Crippen LogP contribution < -0.4 is 5.54 Å². The summed E-state index contributed by atoms with van der Waals surface area (Å²) in [4.78, 5) is 10.0. The Morgan fingerprint density at radius 3 is 2.20 bits per heavy atom. The van der Waals surface area contributed by atoms with Crippen LogP contribution in [-0.4, -0.2) is 15.8 Å². The van der Waals surface area contributed by atoms with Gasteiger partial charge < -0.3 is 0 Å². The highest BCUT2D eigenvalue weighted by Crippen LogP contribution is 2.24. The summed E-state index contributed by atoms with van der Waals surface area (Å²) >= 11 is 1.35. The number of amides is 1. The molecule has 0 saturated carbocycles. The van der Waals surface area contributed by atoms with Gasteiger partial charge in [-0.15, -0.1) is 4.48 Å². The molecular formula is C4H5F3INO. The van der Waals surface area contributed by atoms with Gasteiger partial charge in [0.2, 0.25) is 0 Å². The molecule has 1 amide bonds. The van der Waals surface area contributed by atoms with E-state index in [4.69, 9.17) is 0 Å². The molecule has 1 N–H and O–H groups in total. The van der Waals surface area contributed by atoms with E-state index in [9.17, 15) is 18.1 Å². The van der Waals surface area contributed by atoms with Crippen LogP contribution in [0.4, 0.5) is 13.3 Å². The molecule has 0 aromatic rings. The van der Waals surface area contributed by atoms with Gasteiger partial charge in [-0.25, -0.2) is 0 Å². The Balaban J connectivity index is 4.24. The number of hydrogen-bond donors (Lipinski definition) is 1. The zero-order valence-corrected chi connectivity index (χ0v) is 7.15. The average Bonchev–Trinajstić information content (AvgIpc) is 1.86. The van der Waals surface area contributed by atoms with E-state index in [1.54, 1.807) is 0 Å². The maximum Gasteiger partial charge on any atom is 0.338 e. The third-order valence-electron chi connectivity index (χ3n) is 0.888. The van der Waals surface area contributed by atoms with Crippen LogP contribution in [0.3, 0.4) is 0 Å². The summed E-state index contributed by atoms with van der Waals surface area (Å²) in [5.41, 5.74) is 0.393. The fourth-order valence-electron chi connectivity index (χ4n) is 0.244. The number of hydrogen-bond acceptors (Lipinski definition) is 1. The highest BCUT2D eigenvalue weighted by molar-refractivity contribution is 14.1. The predicted molar refractivity (Wildman–Crippen MR) is 37.7 cm³/mol. The Morgan fingerprint density at radius 2 is 2.10 bits per heavy atom. The van der Waals surface area contributed by atoms with E-state index < -0.39 is 15.8 Å². The molecule has 0 fully saturated rings. The molecule has 0 spiro atoms. The number of nitrogens with one attached hydrogen (secondary N) is 1. The fourth-order valence-corrected chi connectivity index (χ4v) is 0.526. The van der Waals surface area contributed by atoms with Gasteiger partial charge in [-0.2, -0.15) is 14.3 Å². The van der Waals surface area contributed by atoms with Crippen LogP contribution in [-0.2, 0) is 4.79 Å². The van der Waals surface area contributed by atoms with Crippen LogP contribution >= 0.6 is 22.6 Å². The summed E-state index contributed by atoms with van der Waals surface area (Å²) in [7, 11) is 0. The third-order valence-corrected chi connectivity index (χ3v) is 1.67. The van der Waals surface area contributed by atoms with Crippen molar-refractivity contribution in [3.63, 3.8) is 0 Å². The lowest BCUT2D eigenvalue weighted by atomic mass is 10.2. The molecule has 1 atom stereocenters. The maximum absolute atomic E-state index is 12.3. The lowest BCUT2D eigenvalue weighted by Gasteiger charge is -2.14. The predicted octanol–water partition coefficient (Wildman–Crippen LogP) is 1.45. The molecule has 1 unspecified atom stereocenters. The largest absolute Gasteiger partial charge is 0.338 e. The van der Waals surface area contributed by atoms with Gasteiger partial charge in [0.15, 0.2) is 0 Å². The monoisotopic (exact) mass is 267 g/mol. The van der Waals surface area contributed by atoms with Crippen molar-refractivity contribution in [2.75, 3.05) is 0 Å². The molecule has 0 rings (SSSR count). The van der Waals surface area contributed by atoms with Crippen molar-refractivity contribution in [2.24, 2.45) is 0 Å². The molecule has 10 heavy (non-hydrogen) atoms. The molecule has 0 radical (unpaired) electrons. The third kappa shape index (κ3) is 1.99. The summed E-state index contributed by atoms with van der Waals surface area (Å²) in [6, 6.07) is 0. The number of carbonyl (C=O) groups is 1. The average molecular weight is 267 g/mol. The van der Waals surface area contributed by atoms with Crippen molar-refractivity contribution in [3.05, 3.63) is 0 Å². The molecule has 0 bridgehead atoms. The number of rotatable bonds is 2. The molecule has 0 aliphatic heterocycles. The maximum atomic E-state index is 12.3. The van der Waals surface area contributed by atoms with E-state index in [-0.39, 0.29) is 0 Å². The van der Waals surface area contributed by atoms with Crippen molar-refractivity contribution < 1.29 is 18.1 Å². The van der Waals surface area contributed by atoms with Crippen LogP contribution in [0.5, 0.6) is 0 Å². The van der Waals surface area contributed by atoms with E-state index in [0.29, 0.717) is 5.54 Å². The quantitative estimate of drug-likeness (QED) is 0.458. The van der Waals surface area contributed by atoms with E-state index >= 15 is 0 Å². The van der Waals surface area contributed by atoms with Crippen molar-refractivity contribution in [1.29, 1.82) is 0 Å². The van der Waals surface area contributed by atoms with Gasteiger partial charge in [-0.05, 0) is 6.92 Å². The van der Waals surface area contributed by atoms with Gasteiger partial charge in [0.05, 0.1) is 3.92 Å². The van der Waals surface area contributed by atoms with E-state index in [2.05, 4.69) is 0 Å². The minimum atomic E-state index is -3.63. The summed E-state index contributed by atoms with van der Waals surface area (Å²) in [5, 5.41) is 0. The van der Waals surface area contributed by atoms with Gasteiger partial charge in [-0.3, -0.25) is 4.79 Å². The number of halogens is 4. The SMILES string of the molecule is CC(I)C(F)(F)C(=O)NF. The summed E-state index contributed by atoms with van der Waals surface area (Å²) in [6.45, 7) is 1.12. The second-order valence-corrected chi connectivity index (χ2v) is 3.53. The lowest BCUT2D eigenvalue weighted by Crippen LogP contribution is -2.42. The van der Waals surface area contributed by atoms with Crippen molar-refractivity contribution in [1.82, 2.24) is 5.54 Å². The molecule has 0 saturated heterocycles. The van der Waals surface area contributed by atoms with Crippen molar-refractivity contribution in [2.45, 2.75) is 16.8 Å². The molecule has 0 heterocycles. The first-order chi connectivity index (χ1) is 4.42. The van der Waals surface area contributed by atoms with Crippen LogP contribution in [0, 0.1) is 0 Å². The number of alkyl halides is 3. The minimum Gasteiger partial charge on any atom is -0.265 e. The molecule has 2 nitrogen and oxygen atoms in total. The van der Waals surface area contributed by atoms with E-state index in [0.717, 1.165) is 6.92 Å². The summed E-state index contributed by atoms with van der Waals surface area (Å²) in [6.07, 6.45) is 0. The minimum absolute atomic E-state index is 0.393. The topological polar surface area (TPSA) is 29.1 Å². The normalized spacial score (nSPS) is 14.5. The van der Waals surface area contributed by atoms with Crippen LogP contribution in [0.15, 0.2) is 0 Å². The first kappa shape index (κ1) is 9.99. The highest BCUT2D eigenvalue weighted by atomic mass is 127. The zero-order chi connectivity index (χ0) is 8.36. The summed E-state index contributed by atoms with van der Waals surface area (Å²) in [5.74, 6) is -5.52. The first-order valence-electron chi connectivity index (χ1n) is 2.36. The van der Waals surface area contributed by atoms with Crippen LogP contribution in [0.2, 0.25) is 0 Å². The highest BCUT2D eigenvalue weighted by Gasteiger charge is 2.43. The molecule has 0 aromatic heterocycles. The molecule has 60 valence electrons. The van der Waals surface area contributed by atoms with Crippen molar-refractivity contribution >= 4 is 28.5 Å². The standard InChI is InChI=1S/C4H5F3INO/c1-2(8)4(5,6)3(10)9-7/h2H,1H3,(H,9,10). The van der Waals surface area contributed by atoms with Gasteiger partial charge >= 0.3 is 11.8 Å². The van der Waals surface area contributed by atoms with Crippen molar-refractivity contribution in [3.8, 4) is 0 Å². The van der Waals surface area contributed by atoms with Crippen LogP contribution in [0.1, 0.15) is 6.92 Å². The van der Waals surface area contributed by atoms with Gasteiger partial charge in [0, 0.05) is 0 Å². The molecule has 6 heteroatoms. The number of carbonyl (C=O) groups excluding carboxylic acids is 1. The first-order valence-corrected chi connectivity index (χ1v) is 3.60. The fraction of sp³-hybridized carbons (Fsp3) is 0.750. The van der Waals surface area contributed by atoms with Gasteiger partial charge in [-0.1, -0.05) is 22.6 Å². The molecular weight excluding hydrogens is 262 g/mol. The smallest absolute Gasteiger partial charge is 0.265 e. The van der Waals surface area contributed by atoms with Gasteiger partial charge in [0.1, 0.15) is 0 Å². The summed E-state index contributed by atoms with van der Waals surface area (Å²) < 4.78 is 34.5. The lowest BCUT2D eigenvalue weighted by molar-refractivity contribution is -0.149. The second-order valence-electron chi connectivity index (χ2n) is 1.66. The second kappa shape index (κ2) is 3.40. The Labute approximate surface area is 69.2 Å². The zero-order valence-electron chi connectivity index (χ0n) is 5.00. The Bertz CT molecular complexity index is 138. The van der Waals surface area contributed by atoms with Gasteiger partial charge in [0.25, 0.3) is 0 Å². The molecule has 0 aliphatic rings.